The summed E-state index contributed by atoms with van der Waals surface area (Å²) in [7, 11) is 1.84. The SMILES string of the molecule is Cc1nc(-c2ccnc(N)c2)sc1C(=O)N1CC[C@@H](C(=O)N2CCC(O)(Cn3cnc4c(ccn4C)c3=O)CC2)[C@H](c2ccccc2)C1. The van der Waals surface area contributed by atoms with Gasteiger partial charge in [0.1, 0.15) is 27.7 Å². The first-order valence-electron chi connectivity index (χ1n) is 16.2. The van der Waals surface area contributed by atoms with Gasteiger partial charge >= 0.3 is 0 Å². The zero-order valence-electron chi connectivity index (χ0n) is 27.0. The maximum absolute atomic E-state index is 14.1. The number of hydrogen-bond donors (Lipinski definition) is 2. The summed E-state index contributed by atoms with van der Waals surface area (Å²) in [5.74, 6) is -0.164. The van der Waals surface area contributed by atoms with E-state index >= 15 is 0 Å². The molecule has 2 amide bonds. The van der Waals surface area contributed by atoms with Gasteiger partial charge in [-0.25, -0.2) is 15.0 Å². The molecule has 4 aromatic heterocycles. The molecule has 6 heterocycles. The number of anilines is 1. The van der Waals surface area contributed by atoms with E-state index in [1.165, 1.54) is 22.2 Å². The number of carbonyl (C=O) groups excluding carboxylic acids is 2. The lowest BCUT2D eigenvalue weighted by Gasteiger charge is -2.43. The molecule has 0 radical (unpaired) electrons. The van der Waals surface area contributed by atoms with E-state index in [4.69, 9.17) is 5.73 Å². The van der Waals surface area contributed by atoms with Crippen molar-refractivity contribution in [2.45, 2.75) is 44.2 Å². The fourth-order valence-electron chi connectivity index (χ4n) is 7.06. The van der Waals surface area contributed by atoms with Gasteiger partial charge in [-0.05, 0) is 49.9 Å². The lowest BCUT2D eigenvalue weighted by Crippen LogP contribution is -2.53. The molecule has 2 aliphatic rings. The Morgan fingerprint density at radius 2 is 1.83 bits per heavy atom. The molecule has 7 rings (SSSR count). The van der Waals surface area contributed by atoms with Crippen LogP contribution in [0.5, 0.6) is 0 Å². The molecule has 13 heteroatoms. The standard InChI is InChI=1S/C35H38N8O4S/c1-22-29(48-31(39-22)24-8-13-37-28(36)18-24)34(46)42-15-10-25(27(19-42)23-6-4-3-5-7-23)32(44)41-16-11-35(47,12-17-41)20-43-21-38-30-26(33(43)45)9-14-40(30)2/h3-9,13-14,18,21,25,27,47H,10-12,15-17,19-20H2,1-2H3,(H2,36,37)/t25-,27+/m1/s1. The van der Waals surface area contributed by atoms with Gasteiger partial charge in [0.25, 0.3) is 11.5 Å². The summed E-state index contributed by atoms with van der Waals surface area (Å²) >= 11 is 1.34. The van der Waals surface area contributed by atoms with Gasteiger partial charge in [0.2, 0.25) is 5.91 Å². The summed E-state index contributed by atoms with van der Waals surface area (Å²) in [4.78, 5) is 58.5. The van der Waals surface area contributed by atoms with Gasteiger partial charge in [-0.15, -0.1) is 11.3 Å². The van der Waals surface area contributed by atoms with E-state index in [0.717, 1.165) is 11.1 Å². The Labute approximate surface area is 281 Å². The number of likely N-dealkylation sites (tertiary alicyclic amines) is 2. The van der Waals surface area contributed by atoms with Gasteiger partial charge in [0, 0.05) is 63.0 Å². The highest BCUT2D eigenvalue weighted by Crippen LogP contribution is 2.37. The van der Waals surface area contributed by atoms with Crippen LogP contribution < -0.4 is 11.3 Å². The van der Waals surface area contributed by atoms with Gasteiger partial charge < -0.3 is 25.2 Å². The average molecular weight is 667 g/mol. The fraction of sp³-hybridized carbons (Fsp3) is 0.371. The molecule has 2 fully saturated rings. The summed E-state index contributed by atoms with van der Waals surface area (Å²) in [5.41, 5.74) is 7.65. The zero-order valence-corrected chi connectivity index (χ0v) is 27.8. The zero-order chi connectivity index (χ0) is 33.6. The van der Waals surface area contributed by atoms with Gasteiger partial charge in [0.05, 0.1) is 23.2 Å². The van der Waals surface area contributed by atoms with E-state index in [2.05, 4.69) is 15.0 Å². The monoisotopic (exact) mass is 666 g/mol. The van der Waals surface area contributed by atoms with E-state index in [-0.39, 0.29) is 35.8 Å². The van der Waals surface area contributed by atoms with Crippen molar-refractivity contribution in [1.29, 1.82) is 0 Å². The van der Waals surface area contributed by atoms with Crippen LogP contribution in [0, 0.1) is 12.8 Å². The minimum atomic E-state index is -1.13. The highest BCUT2D eigenvalue weighted by molar-refractivity contribution is 7.17. The number of amides is 2. The van der Waals surface area contributed by atoms with Gasteiger partial charge in [-0.3, -0.25) is 19.0 Å². The van der Waals surface area contributed by atoms with E-state index in [1.54, 1.807) is 29.1 Å². The molecule has 1 aromatic carbocycles. The van der Waals surface area contributed by atoms with Crippen LogP contribution in [0.4, 0.5) is 5.82 Å². The Hall–Kier alpha value is -4.88. The number of carbonyl (C=O) groups is 2. The Bertz CT molecular complexity index is 2050. The number of fused-ring (bicyclic) bond motifs is 1. The second-order valence-electron chi connectivity index (χ2n) is 13.0. The molecular formula is C35H38N8O4S. The second-order valence-corrected chi connectivity index (χ2v) is 14.0. The van der Waals surface area contributed by atoms with Crippen LogP contribution in [0.25, 0.3) is 21.6 Å². The minimum absolute atomic E-state index is 0.0362. The molecule has 5 aromatic rings. The molecule has 48 heavy (non-hydrogen) atoms. The molecule has 248 valence electrons. The average Bonchev–Trinajstić information content (AvgIpc) is 3.68. The molecule has 0 aliphatic carbocycles. The number of hydrogen-bond acceptors (Lipinski definition) is 9. The lowest BCUT2D eigenvalue weighted by atomic mass is 9.79. The topological polar surface area (TPSA) is 152 Å². The second kappa shape index (κ2) is 12.6. The Kier molecular flexibility index (Phi) is 8.34. The summed E-state index contributed by atoms with van der Waals surface area (Å²) in [5, 5.41) is 12.7. The number of pyridine rings is 1. The number of piperidine rings is 2. The normalized spacial score (nSPS) is 19.5. The number of benzene rings is 1. The highest BCUT2D eigenvalue weighted by Gasteiger charge is 2.42. The largest absolute Gasteiger partial charge is 0.388 e. The number of aliphatic hydroxyl groups is 1. The summed E-state index contributed by atoms with van der Waals surface area (Å²) in [6, 6.07) is 15.2. The molecule has 0 saturated carbocycles. The summed E-state index contributed by atoms with van der Waals surface area (Å²) < 4.78 is 3.26. The van der Waals surface area contributed by atoms with E-state index in [9.17, 15) is 19.5 Å². The fourth-order valence-corrected chi connectivity index (χ4v) is 8.09. The highest BCUT2D eigenvalue weighted by atomic mass is 32.1. The van der Waals surface area contributed by atoms with Crippen molar-refractivity contribution in [3.05, 3.63) is 93.7 Å². The van der Waals surface area contributed by atoms with Crippen molar-refractivity contribution in [3.63, 3.8) is 0 Å². The van der Waals surface area contributed by atoms with Crippen LogP contribution in [0.1, 0.15) is 46.1 Å². The molecule has 12 nitrogen and oxygen atoms in total. The Balaban J connectivity index is 1.05. The van der Waals surface area contributed by atoms with E-state index in [1.807, 2.05) is 60.2 Å². The van der Waals surface area contributed by atoms with Crippen molar-refractivity contribution in [3.8, 4) is 10.6 Å². The molecule has 2 atom stereocenters. The predicted molar refractivity (Wildman–Crippen MR) is 183 cm³/mol. The molecule has 3 N–H and O–H groups in total. The van der Waals surface area contributed by atoms with Crippen molar-refractivity contribution >= 4 is 40.0 Å². The lowest BCUT2D eigenvalue weighted by molar-refractivity contribution is -0.142. The first kappa shape index (κ1) is 31.7. The van der Waals surface area contributed by atoms with Crippen LogP contribution in [0.15, 0.2) is 72.0 Å². The summed E-state index contributed by atoms with van der Waals surface area (Å²) in [6.45, 7) is 3.58. The molecule has 0 bridgehead atoms. The predicted octanol–water partition coefficient (Wildman–Crippen LogP) is 3.44. The number of aryl methyl sites for hydroxylation is 2. The van der Waals surface area contributed by atoms with Gasteiger partial charge in [0.15, 0.2) is 0 Å². The van der Waals surface area contributed by atoms with Crippen LogP contribution >= 0.6 is 11.3 Å². The van der Waals surface area contributed by atoms with E-state index < -0.39 is 5.60 Å². The van der Waals surface area contributed by atoms with Crippen molar-refractivity contribution in [2.75, 3.05) is 31.9 Å². The number of nitrogens with two attached hydrogens (primary N) is 1. The van der Waals surface area contributed by atoms with Crippen LogP contribution in [-0.4, -0.2) is 82.6 Å². The number of nitrogens with zero attached hydrogens (tertiary/aromatic N) is 7. The van der Waals surface area contributed by atoms with Crippen LogP contribution in [0.3, 0.4) is 0 Å². The van der Waals surface area contributed by atoms with Gasteiger partial charge in [-0.1, -0.05) is 30.3 Å². The number of nitrogen functional groups attached to an aromatic ring is 1. The Morgan fingerprint density at radius 1 is 1.06 bits per heavy atom. The quantitative estimate of drug-likeness (QED) is 0.280. The maximum atomic E-state index is 14.1. The molecule has 0 unspecified atom stereocenters. The molecule has 2 aliphatic heterocycles. The number of rotatable bonds is 6. The third-order valence-corrected chi connectivity index (χ3v) is 11.0. The van der Waals surface area contributed by atoms with Crippen molar-refractivity contribution in [1.82, 2.24) is 33.9 Å². The third-order valence-electron chi connectivity index (χ3n) is 9.78. The first-order chi connectivity index (χ1) is 23.1. The van der Waals surface area contributed by atoms with Crippen LogP contribution in [-0.2, 0) is 18.4 Å². The maximum Gasteiger partial charge on any atom is 0.265 e. The smallest absolute Gasteiger partial charge is 0.265 e. The summed E-state index contributed by atoms with van der Waals surface area (Å²) in [6.07, 6.45) is 6.13. The molecular weight excluding hydrogens is 629 g/mol. The first-order valence-corrected chi connectivity index (χ1v) is 17.0. The molecule has 0 spiro atoms. The van der Waals surface area contributed by atoms with Crippen molar-refractivity contribution in [2.24, 2.45) is 13.0 Å². The minimum Gasteiger partial charge on any atom is -0.388 e. The van der Waals surface area contributed by atoms with Gasteiger partial charge in [-0.2, -0.15) is 0 Å². The Morgan fingerprint density at radius 3 is 2.58 bits per heavy atom. The number of thiazole rings is 1. The third kappa shape index (κ3) is 5.99. The van der Waals surface area contributed by atoms with Crippen molar-refractivity contribution < 1.29 is 14.7 Å². The van der Waals surface area contributed by atoms with E-state index in [0.29, 0.717) is 77.9 Å². The number of aromatic nitrogens is 5. The molecule has 2 saturated heterocycles. The van der Waals surface area contributed by atoms with Crippen LogP contribution in [0.2, 0.25) is 0 Å².